The topological polar surface area (TPSA) is 80.8 Å². The van der Waals surface area contributed by atoms with E-state index in [1.165, 1.54) is 17.9 Å². The number of hydrogen-bond donors (Lipinski definition) is 0. The molecule has 2 aromatic carbocycles. The number of amides is 2. The molecular formula is C25H23NO5. The molecule has 1 aliphatic heterocycles. The fraction of sp³-hybridized carbons (Fsp3) is 0.360. The Kier molecular flexibility index (Phi) is 4.73. The monoisotopic (exact) mass is 417 g/mol. The van der Waals surface area contributed by atoms with Gasteiger partial charge < -0.3 is 4.74 Å². The summed E-state index contributed by atoms with van der Waals surface area (Å²) in [7, 11) is 0. The summed E-state index contributed by atoms with van der Waals surface area (Å²) >= 11 is 0. The van der Waals surface area contributed by atoms with E-state index in [0.717, 1.165) is 19.3 Å². The van der Waals surface area contributed by atoms with Gasteiger partial charge in [0.05, 0.1) is 23.1 Å². The lowest BCUT2D eigenvalue weighted by atomic mass is 9.81. The van der Waals surface area contributed by atoms with Gasteiger partial charge in [-0.05, 0) is 50.2 Å². The Morgan fingerprint density at radius 3 is 2.13 bits per heavy atom. The summed E-state index contributed by atoms with van der Waals surface area (Å²) in [6.07, 6.45) is 1.93. The second kappa shape index (κ2) is 7.45. The van der Waals surface area contributed by atoms with Crippen LogP contribution in [0.2, 0.25) is 0 Å². The van der Waals surface area contributed by atoms with Crippen molar-refractivity contribution >= 4 is 29.3 Å². The van der Waals surface area contributed by atoms with Gasteiger partial charge in [-0.2, -0.15) is 0 Å². The summed E-state index contributed by atoms with van der Waals surface area (Å²) in [6, 6.07) is 15.1. The number of carbonyl (C=O) groups excluding carboxylic acids is 4. The van der Waals surface area contributed by atoms with Gasteiger partial charge in [-0.3, -0.25) is 14.4 Å². The van der Waals surface area contributed by atoms with Gasteiger partial charge in [0.1, 0.15) is 0 Å². The first-order valence-corrected chi connectivity index (χ1v) is 10.7. The zero-order valence-electron chi connectivity index (χ0n) is 17.2. The normalized spacial score (nSPS) is 27.3. The van der Waals surface area contributed by atoms with Crippen molar-refractivity contribution in [1.82, 2.24) is 0 Å². The molecule has 1 saturated heterocycles. The molecule has 0 N–H and O–H groups in total. The molecule has 3 aliphatic rings. The first-order valence-electron chi connectivity index (χ1n) is 10.7. The molecule has 0 radical (unpaired) electrons. The summed E-state index contributed by atoms with van der Waals surface area (Å²) < 4.78 is 5.43. The van der Waals surface area contributed by atoms with Crippen molar-refractivity contribution in [3.63, 3.8) is 0 Å². The minimum atomic E-state index is -0.997. The summed E-state index contributed by atoms with van der Waals surface area (Å²) in [5, 5.41) is 0. The predicted octanol–water partition coefficient (Wildman–Crippen LogP) is 3.65. The minimum Gasteiger partial charge on any atom is -0.451 e. The molecule has 5 atom stereocenters. The Morgan fingerprint density at radius 1 is 0.903 bits per heavy atom. The number of para-hydroxylation sites is 1. The largest absolute Gasteiger partial charge is 0.451 e. The summed E-state index contributed by atoms with van der Waals surface area (Å²) in [5.74, 6) is -1.48. The van der Waals surface area contributed by atoms with Crippen molar-refractivity contribution in [3.8, 4) is 0 Å². The maximum Gasteiger partial charge on any atom is 0.340 e. The fourth-order valence-electron chi connectivity index (χ4n) is 5.60. The van der Waals surface area contributed by atoms with Crippen molar-refractivity contribution in [3.05, 3.63) is 65.7 Å². The standard InChI is InChI=1S/C25H23NO5/c1-14(22(27)15-7-3-2-4-8-15)31-25(30)18-9-5-6-10-19(18)26-23(28)20-16-11-12-17(13-16)21(20)24(26)29/h2-10,14,16-17,20-21H,11-13H2,1H3/t14-,16-,17+,20-,21+/m0/s1. The lowest BCUT2D eigenvalue weighted by molar-refractivity contribution is -0.123. The van der Waals surface area contributed by atoms with Gasteiger partial charge in [0, 0.05) is 5.56 Å². The highest BCUT2D eigenvalue weighted by Crippen LogP contribution is 2.56. The molecule has 2 aliphatic carbocycles. The molecule has 6 nitrogen and oxygen atoms in total. The number of carbonyl (C=O) groups is 4. The maximum atomic E-state index is 13.2. The first kappa shape index (κ1) is 19.7. The Morgan fingerprint density at radius 2 is 1.48 bits per heavy atom. The number of nitrogens with zero attached hydrogens (tertiary/aromatic N) is 1. The molecule has 31 heavy (non-hydrogen) atoms. The van der Waals surface area contributed by atoms with E-state index in [1.807, 2.05) is 0 Å². The van der Waals surface area contributed by atoms with E-state index >= 15 is 0 Å². The van der Waals surface area contributed by atoms with E-state index in [4.69, 9.17) is 4.74 Å². The number of fused-ring (bicyclic) bond motifs is 5. The molecule has 0 aromatic heterocycles. The molecule has 2 aromatic rings. The fourth-order valence-corrected chi connectivity index (χ4v) is 5.60. The quantitative estimate of drug-likeness (QED) is 0.421. The van der Waals surface area contributed by atoms with Crippen LogP contribution in [0.25, 0.3) is 0 Å². The van der Waals surface area contributed by atoms with Crippen LogP contribution >= 0.6 is 0 Å². The van der Waals surface area contributed by atoms with Crippen molar-refractivity contribution in [2.75, 3.05) is 4.90 Å². The van der Waals surface area contributed by atoms with E-state index in [0.29, 0.717) is 5.56 Å². The van der Waals surface area contributed by atoms with Crippen LogP contribution in [-0.4, -0.2) is 29.7 Å². The molecule has 158 valence electrons. The first-order chi connectivity index (χ1) is 15.0. The third kappa shape index (κ3) is 3.09. The molecule has 2 bridgehead atoms. The second-order valence-corrected chi connectivity index (χ2v) is 8.69. The van der Waals surface area contributed by atoms with Crippen LogP contribution in [-0.2, 0) is 14.3 Å². The molecule has 0 spiro atoms. The number of ether oxygens (including phenoxy) is 1. The number of hydrogen-bond acceptors (Lipinski definition) is 5. The van der Waals surface area contributed by atoms with Crippen LogP contribution in [0.4, 0.5) is 5.69 Å². The Labute approximate surface area is 180 Å². The van der Waals surface area contributed by atoms with Crippen LogP contribution in [0.3, 0.4) is 0 Å². The van der Waals surface area contributed by atoms with Crippen molar-refractivity contribution in [1.29, 1.82) is 0 Å². The third-order valence-electron chi connectivity index (χ3n) is 7.00. The van der Waals surface area contributed by atoms with Crippen molar-refractivity contribution < 1.29 is 23.9 Å². The number of imide groups is 1. The molecule has 2 saturated carbocycles. The Hall–Kier alpha value is -3.28. The van der Waals surface area contributed by atoms with Gasteiger partial charge in [0.25, 0.3) is 0 Å². The molecule has 3 fully saturated rings. The number of benzene rings is 2. The summed E-state index contributed by atoms with van der Waals surface area (Å²) in [6.45, 7) is 1.52. The van der Waals surface area contributed by atoms with Crippen LogP contribution < -0.4 is 4.90 Å². The second-order valence-electron chi connectivity index (χ2n) is 8.69. The lowest BCUT2D eigenvalue weighted by Crippen LogP contribution is -2.34. The molecule has 6 heteroatoms. The van der Waals surface area contributed by atoms with Crippen LogP contribution in [0.15, 0.2) is 54.6 Å². The van der Waals surface area contributed by atoms with Gasteiger partial charge in [0.15, 0.2) is 6.10 Å². The molecule has 1 heterocycles. The van der Waals surface area contributed by atoms with Gasteiger partial charge >= 0.3 is 5.97 Å². The molecule has 5 rings (SSSR count). The Balaban J connectivity index is 1.40. The van der Waals surface area contributed by atoms with Crippen molar-refractivity contribution in [2.24, 2.45) is 23.7 Å². The minimum absolute atomic E-state index is 0.115. The highest BCUT2D eigenvalue weighted by atomic mass is 16.5. The van der Waals surface area contributed by atoms with Gasteiger partial charge in [-0.1, -0.05) is 42.5 Å². The van der Waals surface area contributed by atoms with Crippen LogP contribution in [0.1, 0.15) is 46.9 Å². The summed E-state index contributed by atoms with van der Waals surface area (Å²) in [5.41, 5.74) is 0.809. The van der Waals surface area contributed by atoms with E-state index < -0.39 is 12.1 Å². The predicted molar refractivity (Wildman–Crippen MR) is 112 cm³/mol. The zero-order valence-corrected chi connectivity index (χ0v) is 17.2. The average Bonchev–Trinajstić information content (AvgIpc) is 3.47. The van der Waals surface area contributed by atoms with Gasteiger partial charge in [-0.15, -0.1) is 0 Å². The van der Waals surface area contributed by atoms with E-state index in [1.54, 1.807) is 48.5 Å². The van der Waals surface area contributed by atoms with E-state index in [2.05, 4.69) is 0 Å². The number of ketones is 1. The summed E-state index contributed by atoms with van der Waals surface area (Å²) in [4.78, 5) is 53.1. The Bertz CT molecular complexity index is 1050. The number of esters is 1. The highest BCUT2D eigenvalue weighted by molar-refractivity contribution is 6.24. The number of Topliss-reactive ketones (excluding diaryl/α,β-unsaturated/α-hetero) is 1. The molecule has 2 amide bonds. The van der Waals surface area contributed by atoms with Crippen molar-refractivity contribution in [2.45, 2.75) is 32.3 Å². The van der Waals surface area contributed by atoms with Gasteiger partial charge in [0.2, 0.25) is 17.6 Å². The highest BCUT2D eigenvalue weighted by Gasteiger charge is 2.61. The number of anilines is 1. The lowest BCUT2D eigenvalue weighted by Gasteiger charge is -2.20. The number of rotatable bonds is 5. The average molecular weight is 417 g/mol. The molecular weight excluding hydrogens is 394 g/mol. The smallest absolute Gasteiger partial charge is 0.340 e. The van der Waals surface area contributed by atoms with Crippen LogP contribution in [0, 0.1) is 23.7 Å². The zero-order chi connectivity index (χ0) is 21.7. The van der Waals surface area contributed by atoms with Gasteiger partial charge in [-0.25, -0.2) is 9.69 Å². The van der Waals surface area contributed by atoms with E-state index in [-0.39, 0.29) is 52.5 Å². The maximum absolute atomic E-state index is 13.2. The SMILES string of the molecule is C[C@H](OC(=O)c1ccccc1N1C(=O)[C@@H]2[C@@H]3CC[C@@H](C3)[C@@H]2C1=O)C(=O)c1ccccc1. The van der Waals surface area contributed by atoms with Crippen LogP contribution in [0.5, 0.6) is 0 Å². The van der Waals surface area contributed by atoms with E-state index in [9.17, 15) is 19.2 Å². The third-order valence-corrected chi connectivity index (χ3v) is 7.00. The molecule has 0 unspecified atom stereocenters.